The molecule has 0 aromatic heterocycles. The molecular formula is C34H32ClN3O6S. The number of nitrogens with one attached hydrogen (secondary N) is 3. The highest BCUT2D eigenvalue weighted by Crippen LogP contribution is 2.33. The number of phenolic OH excluding ortho intramolecular Hbond substituents is 1. The number of aromatic hydroxyl groups is 1. The first-order valence-corrected chi connectivity index (χ1v) is 15.0. The van der Waals surface area contributed by atoms with E-state index in [0.29, 0.717) is 39.0 Å². The normalized spacial score (nSPS) is 11.7. The van der Waals surface area contributed by atoms with Crippen LogP contribution >= 0.6 is 23.4 Å². The molecule has 3 amide bonds. The fourth-order valence-electron chi connectivity index (χ4n) is 4.18. The van der Waals surface area contributed by atoms with Crippen molar-refractivity contribution >= 4 is 58.5 Å². The first-order valence-electron chi connectivity index (χ1n) is 13.8. The fourth-order valence-corrected chi connectivity index (χ4v) is 5.26. The summed E-state index contributed by atoms with van der Waals surface area (Å²) in [6.07, 6.45) is 1.46. The molecule has 9 nitrogen and oxygen atoms in total. The van der Waals surface area contributed by atoms with Crippen molar-refractivity contribution < 1.29 is 29.0 Å². The largest absolute Gasteiger partial charge is 0.508 e. The zero-order valence-corrected chi connectivity index (χ0v) is 26.6. The lowest BCUT2D eigenvalue weighted by Gasteiger charge is -2.16. The van der Waals surface area contributed by atoms with Crippen LogP contribution in [0.15, 0.2) is 95.5 Å². The van der Waals surface area contributed by atoms with Crippen LogP contribution in [-0.4, -0.2) is 42.3 Å². The number of methoxy groups -OCH3 is 2. The highest BCUT2D eigenvalue weighted by Gasteiger charge is 2.19. The van der Waals surface area contributed by atoms with Gasteiger partial charge in [0.25, 0.3) is 11.8 Å². The lowest BCUT2D eigenvalue weighted by molar-refractivity contribution is -0.115. The van der Waals surface area contributed by atoms with Gasteiger partial charge in [-0.2, -0.15) is 0 Å². The average molecular weight is 646 g/mol. The van der Waals surface area contributed by atoms with Crippen molar-refractivity contribution in [2.75, 3.05) is 24.9 Å². The first kappa shape index (κ1) is 33.0. The molecule has 0 aliphatic heterocycles. The summed E-state index contributed by atoms with van der Waals surface area (Å²) in [5, 5.41) is 18.3. The molecule has 0 saturated carbocycles. The van der Waals surface area contributed by atoms with Gasteiger partial charge in [0, 0.05) is 38.9 Å². The number of hydrogen-bond donors (Lipinski definition) is 4. The number of halogens is 1. The summed E-state index contributed by atoms with van der Waals surface area (Å²) in [5.41, 5.74) is 2.54. The minimum absolute atomic E-state index is 0.0111. The Bertz CT molecular complexity index is 1750. The molecule has 4 rings (SSSR count). The predicted octanol–water partition coefficient (Wildman–Crippen LogP) is 6.90. The zero-order chi connectivity index (χ0) is 32.5. The van der Waals surface area contributed by atoms with E-state index in [1.54, 1.807) is 73.7 Å². The Morgan fingerprint density at radius 1 is 0.889 bits per heavy atom. The van der Waals surface area contributed by atoms with Crippen molar-refractivity contribution in [3.8, 4) is 17.2 Å². The Hall–Kier alpha value is -4.93. The molecule has 232 valence electrons. The third-order valence-corrected chi connectivity index (χ3v) is 8.06. The number of rotatable bonds is 11. The molecule has 4 N–H and O–H groups in total. The number of carbonyl (C=O) groups is 3. The maximum atomic E-state index is 13.5. The molecule has 1 atom stereocenters. The number of anilines is 2. The lowest BCUT2D eigenvalue weighted by atomic mass is 10.1. The van der Waals surface area contributed by atoms with Crippen LogP contribution in [0, 0.1) is 6.92 Å². The SMILES string of the molecule is COc1cc(O)ccc1/C=C(/NC(=O)c1ccccc1)C(=O)Nc1cccc(SC(C)C(=O)Nc2cc(C)c(Cl)cc2OC)c1. The third kappa shape index (κ3) is 8.81. The number of benzene rings is 4. The van der Waals surface area contributed by atoms with Crippen LogP contribution in [0.25, 0.3) is 6.08 Å². The number of phenols is 1. The minimum atomic E-state index is -0.590. The Morgan fingerprint density at radius 3 is 2.33 bits per heavy atom. The van der Waals surface area contributed by atoms with Gasteiger partial charge in [-0.1, -0.05) is 35.9 Å². The average Bonchev–Trinajstić information content (AvgIpc) is 3.03. The standard InChI is InChI=1S/C34H32ClN3O6S/c1-20-15-28(31(44-4)19-27(20)35)37-32(40)21(2)45-26-12-8-11-24(17-26)36-34(42)29(38-33(41)22-9-6-5-7-10-22)16-23-13-14-25(39)18-30(23)43-3/h5-19,21,39H,1-4H3,(H,36,42)(H,37,40)(H,38,41)/b29-16+. The molecule has 4 aromatic carbocycles. The minimum Gasteiger partial charge on any atom is -0.508 e. The second-order valence-electron chi connectivity index (χ2n) is 9.84. The molecule has 0 radical (unpaired) electrons. The molecule has 0 aliphatic rings. The van der Waals surface area contributed by atoms with E-state index in [-0.39, 0.29) is 17.4 Å². The van der Waals surface area contributed by atoms with Gasteiger partial charge in [-0.05, 0) is 74.0 Å². The summed E-state index contributed by atoms with van der Waals surface area (Å²) in [4.78, 5) is 40.3. The van der Waals surface area contributed by atoms with Crippen LogP contribution in [0.4, 0.5) is 11.4 Å². The molecule has 11 heteroatoms. The summed E-state index contributed by atoms with van der Waals surface area (Å²) in [5.74, 6) is -0.562. The molecule has 0 heterocycles. The Kier molecular flexibility index (Phi) is 11.1. The molecule has 1 unspecified atom stereocenters. The number of thioether (sulfide) groups is 1. The van der Waals surface area contributed by atoms with Crippen molar-refractivity contribution in [3.63, 3.8) is 0 Å². The number of aryl methyl sites for hydroxylation is 1. The van der Waals surface area contributed by atoms with E-state index >= 15 is 0 Å². The number of ether oxygens (including phenoxy) is 2. The van der Waals surface area contributed by atoms with Crippen molar-refractivity contribution in [2.45, 2.75) is 24.0 Å². The van der Waals surface area contributed by atoms with E-state index < -0.39 is 17.1 Å². The van der Waals surface area contributed by atoms with Crippen LogP contribution < -0.4 is 25.4 Å². The van der Waals surface area contributed by atoms with Gasteiger partial charge in [0.05, 0.1) is 25.2 Å². The van der Waals surface area contributed by atoms with E-state index in [9.17, 15) is 19.5 Å². The van der Waals surface area contributed by atoms with Crippen molar-refractivity contribution in [2.24, 2.45) is 0 Å². The molecule has 45 heavy (non-hydrogen) atoms. The quantitative estimate of drug-likeness (QED) is 0.103. The van der Waals surface area contributed by atoms with Crippen molar-refractivity contribution in [1.82, 2.24) is 5.32 Å². The van der Waals surface area contributed by atoms with Crippen LogP contribution in [-0.2, 0) is 9.59 Å². The summed E-state index contributed by atoms with van der Waals surface area (Å²) in [6, 6.07) is 23.3. The number of carbonyl (C=O) groups excluding carboxylic acids is 3. The van der Waals surface area contributed by atoms with Gasteiger partial charge in [0.2, 0.25) is 5.91 Å². The molecule has 0 saturated heterocycles. The predicted molar refractivity (Wildman–Crippen MR) is 178 cm³/mol. The highest BCUT2D eigenvalue weighted by molar-refractivity contribution is 8.00. The van der Waals surface area contributed by atoms with Gasteiger partial charge >= 0.3 is 0 Å². The second-order valence-corrected chi connectivity index (χ2v) is 11.7. The van der Waals surface area contributed by atoms with E-state index in [0.717, 1.165) is 10.5 Å². The topological polar surface area (TPSA) is 126 Å². The smallest absolute Gasteiger partial charge is 0.272 e. The van der Waals surface area contributed by atoms with Crippen molar-refractivity contribution in [3.05, 3.63) is 112 Å². The van der Waals surface area contributed by atoms with E-state index in [2.05, 4.69) is 16.0 Å². The van der Waals surface area contributed by atoms with Gasteiger partial charge < -0.3 is 30.5 Å². The van der Waals surface area contributed by atoms with Gasteiger partial charge in [-0.3, -0.25) is 14.4 Å². The van der Waals surface area contributed by atoms with E-state index in [4.69, 9.17) is 21.1 Å². The maximum Gasteiger partial charge on any atom is 0.272 e. The zero-order valence-electron chi connectivity index (χ0n) is 25.0. The fraction of sp³-hybridized carbons (Fsp3) is 0.147. The summed E-state index contributed by atoms with van der Waals surface area (Å²) < 4.78 is 10.7. The van der Waals surface area contributed by atoms with Gasteiger partial charge in [0.15, 0.2) is 0 Å². The second kappa shape index (κ2) is 15.2. The Labute approximate surface area is 270 Å². The van der Waals surface area contributed by atoms with Gasteiger partial charge in [0.1, 0.15) is 22.9 Å². The molecule has 4 aromatic rings. The third-order valence-electron chi connectivity index (χ3n) is 6.56. The molecule has 0 aliphatic carbocycles. The molecule has 0 fully saturated rings. The summed E-state index contributed by atoms with van der Waals surface area (Å²) >= 11 is 7.49. The Morgan fingerprint density at radius 2 is 1.62 bits per heavy atom. The molecule has 0 bridgehead atoms. The van der Waals surface area contributed by atoms with Gasteiger partial charge in [-0.25, -0.2) is 0 Å². The molecule has 0 spiro atoms. The van der Waals surface area contributed by atoms with Gasteiger partial charge in [-0.15, -0.1) is 11.8 Å². The van der Waals surface area contributed by atoms with E-state index in [1.165, 1.54) is 44.2 Å². The van der Waals surface area contributed by atoms with Crippen LogP contribution in [0.1, 0.15) is 28.4 Å². The number of amides is 3. The lowest BCUT2D eigenvalue weighted by Crippen LogP contribution is -2.30. The maximum absolute atomic E-state index is 13.5. The van der Waals surface area contributed by atoms with E-state index in [1.807, 2.05) is 13.0 Å². The van der Waals surface area contributed by atoms with Crippen LogP contribution in [0.3, 0.4) is 0 Å². The monoisotopic (exact) mass is 645 g/mol. The number of hydrogen-bond acceptors (Lipinski definition) is 7. The van der Waals surface area contributed by atoms with Crippen LogP contribution in [0.2, 0.25) is 5.02 Å². The van der Waals surface area contributed by atoms with Crippen LogP contribution in [0.5, 0.6) is 17.2 Å². The highest BCUT2D eigenvalue weighted by atomic mass is 35.5. The summed E-state index contributed by atoms with van der Waals surface area (Å²) in [6.45, 7) is 3.61. The van der Waals surface area contributed by atoms with Crippen molar-refractivity contribution in [1.29, 1.82) is 0 Å². The summed E-state index contributed by atoms with van der Waals surface area (Å²) in [7, 11) is 2.94. The Balaban J connectivity index is 1.52. The first-order chi connectivity index (χ1) is 21.6. The molecular weight excluding hydrogens is 614 g/mol.